The van der Waals surface area contributed by atoms with Crippen molar-refractivity contribution in [3.8, 4) is 0 Å². The molecule has 82 valence electrons. The molecule has 0 atom stereocenters. The topological polar surface area (TPSA) is 50.4 Å². The molecule has 0 radical (unpaired) electrons. The maximum absolute atomic E-state index is 13.3. The second-order valence-electron chi connectivity index (χ2n) is 3.32. The first-order valence-electron chi connectivity index (χ1n) is 4.55. The normalized spacial score (nSPS) is 12.0. The summed E-state index contributed by atoms with van der Waals surface area (Å²) >= 11 is 0. The molecule has 0 aliphatic carbocycles. The Morgan fingerprint density at radius 2 is 2.07 bits per heavy atom. The highest BCUT2D eigenvalue weighted by Gasteiger charge is 2.12. The third kappa shape index (κ3) is 2.73. The minimum absolute atomic E-state index is 0.0335. The van der Waals surface area contributed by atoms with E-state index in [9.17, 15) is 8.78 Å². The molecule has 1 rings (SSSR count). The lowest BCUT2D eigenvalue weighted by atomic mass is 10.2. The molecule has 1 aromatic carbocycles. The molecular weight excluding hydrogens is 200 g/mol. The van der Waals surface area contributed by atoms with Crippen molar-refractivity contribution in [2.24, 2.45) is 10.8 Å². The van der Waals surface area contributed by atoms with Crippen LogP contribution in [0.2, 0.25) is 0 Å². The van der Waals surface area contributed by atoms with E-state index < -0.39 is 11.6 Å². The van der Waals surface area contributed by atoms with E-state index in [-0.39, 0.29) is 17.4 Å². The van der Waals surface area contributed by atoms with Crippen molar-refractivity contribution in [2.75, 3.05) is 0 Å². The Morgan fingerprint density at radius 3 is 2.60 bits per heavy atom. The molecular formula is C10H13F2N3. The lowest BCUT2D eigenvalue weighted by Crippen LogP contribution is -2.32. The number of nitrogens with zero attached hydrogens (tertiary/aromatic N) is 1. The summed E-state index contributed by atoms with van der Waals surface area (Å²) in [6, 6.07) is 3.81. The highest BCUT2D eigenvalue weighted by molar-refractivity contribution is 5.98. The van der Waals surface area contributed by atoms with Crippen molar-refractivity contribution in [2.45, 2.75) is 19.9 Å². The summed E-state index contributed by atoms with van der Waals surface area (Å²) in [5.41, 5.74) is 2.29. The summed E-state index contributed by atoms with van der Waals surface area (Å²) in [5.74, 6) is 3.48. The van der Waals surface area contributed by atoms with Gasteiger partial charge in [0, 0.05) is 6.04 Å². The average molecular weight is 213 g/mol. The van der Waals surface area contributed by atoms with Crippen LogP contribution in [0.15, 0.2) is 23.2 Å². The van der Waals surface area contributed by atoms with Crippen molar-refractivity contribution in [3.63, 3.8) is 0 Å². The number of amidine groups is 1. The molecule has 1 aromatic rings. The Hall–Kier alpha value is -1.49. The fourth-order valence-corrected chi connectivity index (χ4v) is 1.13. The summed E-state index contributed by atoms with van der Waals surface area (Å²) in [6.07, 6.45) is 0. The lowest BCUT2D eigenvalue weighted by Gasteiger charge is -2.08. The highest BCUT2D eigenvalue weighted by Crippen LogP contribution is 2.11. The van der Waals surface area contributed by atoms with Gasteiger partial charge in [-0.15, -0.1) is 0 Å². The van der Waals surface area contributed by atoms with Gasteiger partial charge in [-0.2, -0.15) is 0 Å². The monoisotopic (exact) mass is 213 g/mol. The van der Waals surface area contributed by atoms with E-state index in [1.54, 1.807) is 0 Å². The van der Waals surface area contributed by atoms with Crippen LogP contribution < -0.4 is 11.3 Å². The van der Waals surface area contributed by atoms with Crippen LogP contribution in [0, 0.1) is 11.6 Å². The standard InChI is InChI=1S/C10H13F2N3/c1-6(2)14-10(15-13)7-4-3-5-8(11)9(7)12/h3-6H,13H2,1-2H3,(H,14,15). The number of aliphatic imine (C=N–C) groups is 1. The number of rotatable bonds is 2. The molecule has 0 unspecified atom stereocenters. The van der Waals surface area contributed by atoms with E-state index >= 15 is 0 Å². The molecule has 0 amide bonds. The first-order valence-corrected chi connectivity index (χ1v) is 4.55. The quantitative estimate of drug-likeness (QED) is 0.339. The van der Waals surface area contributed by atoms with Gasteiger partial charge in [-0.1, -0.05) is 6.07 Å². The minimum atomic E-state index is -0.949. The average Bonchev–Trinajstić information content (AvgIpc) is 2.19. The maximum atomic E-state index is 13.3. The second kappa shape index (κ2) is 4.84. The molecule has 0 aromatic heterocycles. The zero-order valence-corrected chi connectivity index (χ0v) is 8.59. The Labute approximate surface area is 87.0 Å². The number of hydrazine groups is 1. The van der Waals surface area contributed by atoms with Crippen molar-refractivity contribution >= 4 is 5.84 Å². The van der Waals surface area contributed by atoms with Crippen LogP contribution >= 0.6 is 0 Å². The van der Waals surface area contributed by atoms with Gasteiger partial charge in [-0.25, -0.2) is 14.6 Å². The third-order valence-corrected chi connectivity index (χ3v) is 1.73. The summed E-state index contributed by atoms with van der Waals surface area (Å²) in [4.78, 5) is 4.04. The number of benzene rings is 1. The van der Waals surface area contributed by atoms with E-state index in [1.807, 2.05) is 13.8 Å². The van der Waals surface area contributed by atoms with Gasteiger partial charge in [0.25, 0.3) is 0 Å². The summed E-state index contributed by atoms with van der Waals surface area (Å²) < 4.78 is 26.3. The molecule has 3 N–H and O–H groups in total. The summed E-state index contributed by atoms with van der Waals surface area (Å²) in [6.45, 7) is 3.63. The first kappa shape index (κ1) is 11.6. The van der Waals surface area contributed by atoms with E-state index in [4.69, 9.17) is 5.84 Å². The molecule has 3 nitrogen and oxygen atoms in total. The van der Waals surface area contributed by atoms with Gasteiger partial charge < -0.3 is 5.43 Å². The predicted molar refractivity (Wildman–Crippen MR) is 55.4 cm³/mol. The van der Waals surface area contributed by atoms with Gasteiger partial charge in [0.1, 0.15) is 5.84 Å². The Bertz CT molecular complexity index is 375. The van der Waals surface area contributed by atoms with Crippen LogP contribution in [0.3, 0.4) is 0 Å². The predicted octanol–water partition coefficient (Wildman–Crippen LogP) is 1.58. The number of nitrogens with two attached hydrogens (primary N) is 1. The molecule has 0 saturated heterocycles. The molecule has 0 fully saturated rings. The van der Waals surface area contributed by atoms with Crippen LogP contribution in [0.5, 0.6) is 0 Å². The largest absolute Gasteiger partial charge is 0.308 e. The zero-order chi connectivity index (χ0) is 11.4. The van der Waals surface area contributed by atoms with Crippen molar-refractivity contribution < 1.29 is 8.78 Å². The molecule has 0 spiro atoms. The third-order valence-electron chi connectivity index (χ3n) is 1.73. The molecule has 0 aliphatic rings. The minimum Gasteiger partial charge on any atom is -0.308 e. The fraction of sp³-hybridized carbons (Fsp3) is 0.300. The van der Waals surface area contributed by atoms with Crippen molar-refractivity contribution in [3.05, 3.63) is 35.4 Å². The van der Waals surface area contributed by atoms with Crippen LogP contribution in [-0.2, 0) is 0 Å². The van der Waals surface area contributed by atoms with E-state index in [2.05, 4.69) is 10.4 Å². The van der Waals surface area contributed by atoms with Crippen LogP contribution in [0.1, 0.15) is 19.4 Å². The van der Waals surface area contributed by atoms with Crippen molar-refractivity contribution in [1.29, 1.82) is 0 Å². The summed E-state index contributed by atoms with van der Waals surface area (Å²) in [7, 11) is 0. The summed E-state index contributed by atoms with van der Waals surface area (Å²) in [5, 5.41) is 0. The number of hydrogen-bond acceptors (Lipinski definition) is 2. The number of nitrogens with one attached hydrogen (secondary N) is 1. The van der Waals surface area contributed by atoms with E-state index in [0.717, 1.165) is 6.07 Å². The van der Waals surface area contributed by atoms with Crippen LogP contribution in [0.4, 0.5) is 8.78 Å². The molecule has 5 heteroatoms. The van der Waals surface area contributed by atoms with Gasteiger partial charge >= 0.3 is 0 Å². The maximum Gasteiger partial charge on any atom is 0.169 e. The fourth-order valence-electron chi connectivity index (χ4n) is 1.13. The Kier molecular flexibility index (Phi) is 3.74. The van der Waals surface area contributed by atoms with Gasteiger partial charge in [0.05, 0.1) is 5.56 Å². The van der Waals surface area contributed by atoms with E-state index in [0.29, 0.717) is 0 Å². The molecule has 0 heterocycles. The van der Waals surface area contributed by atoms with Gasteiger partial charge in [0.15, 0.2) is 11.6 Å². The Balaban J connectivity index is 3.19. The molecule has 0 bridgehead atoms. The SMILES string of the molecule is CC(C)N=C(NN)c1cccc(F)c1F. The van der Waals surface area contributed by atoms with Gasteiger partial charge in [0.2, 0.25) is 0 Å². The first-order chi connectivity index (χ1) is 7.06. The van der Waals surface area contributed by atoms with Crippen LogP contribution in [0.25, 0.3) is 0 Å². The molecule has 15 heavy (non-hydrogen) atoms. The molecule has 0 aliphatic heterocycles. The Morgan fingerprint density at radius 1 is 1.40 bits per heavy atom. The van der Waals surface area contributed by atoms with E-state index in [1.165, 1.54) is 12.1 Å². The second-order valence-corrected chi connectivity index (χ2v) is 3.32. The van der Waals surface area contributed by atoms with Gasteiger partial charge in [-0.3, -0.25) is 4.99 Å². The number of hydrogen-bond donors (Lipinski definition) is 2. The van der Waals surface area contributed by atoms with Crippen molar-refractivity contribution in [1.82, 2.24) is 5.43 Å². The highest BCUT2D eigenvalue weighted by atomic mass is 19.2. The zero-order valence-electron chi connectivity index (χ0n) is 8.59. The smallest absolute Gasteiger partial charge is 0.169 e. The molecule has 0 saturated carbocycles. The number of halogens is 2. The lowest BCUT2D eigenvalue weighted by molar-refractivity contribution is 0.506. The van der Waals surface area contributed by atoms with Gasteiger partial charge in [-0.05, 0) is 26.0 Å². The van der Waals surface area contributed by atoms with Crippen LogP contribution in [-0.4, -0.2) is 11.9 Å².